The first kappa shape index (κ1) is 24.6. The van der Waals surface area contributed by atoms with Gasteiger partial charge in [-0.2, -0.15) is 0 Å². The Kier molecular flexibility index (Phi) is 6.78. The number of carboxylic acids is 2. The molecule has 1 unspecified atom stereocenters. The molecular formula is C32H24O6. The standard InChI is InChI=1S/C32H24O6/c33-30(34)22-11-15-27(16-12-22)37-29-10-4-6-24(20-29)25-7-5-19-32(21-25,26-8-2-1-3-9-26)38-28-17-13-23(14-18-28)31(35)36/h1-20H,21H2,(H,33,34)(H,35,36). The minimum Gasteiger partial charge on any atom is -0.478 e. The maximum absolute atomic E-state index is 11.3. The minimum absolute atomic E-state index is 0.195. The molecule has 0 heterocycles. The third kappa shape index (κ3) is 5.34. The summed E-state index contributed by atoms with van der Waals surface area (Å²) in [5.41, 5.74) is 2.54. The van der Waals surface area contributed by atoms with Crippen molar-refractivity contribution < 1.29 is 29.3 Å². The lowest BCUT2D eigenvalue weighted by molar-refractivity contribution is 0.0686. The SMILES string of the molecule is O=C(O)c1ccc(Oc2cccc(C3=CC=CC(Oc4ccc(C(=O)O)cc4)(c4ccccc4)C3)c2)cc1. The van der Waals surface area contributed by atoms with Gasteiger partial charge in [0, 0.05) is 6.42 Å². The first-order chi connectivity index (χ1) is 18.4. The van der Waals surface area contributed by atoms with Gasteiger partial charge in [0.1, 0.15) is 17.2 Å². The van der Waals surface area contributed by atoms with Crippen LogP contribution in [0.3, 0.4) is 0 Å². The van der Waals surface area contributed by atoms with Crippen LogP contribution in [0.1, 0.15) is 38.3 Å². The van der Waals surface area contributed by atoms with Crippen molar-refractivity contribution in [2.45, 2.75) is 12.0 Å². The molecule has 1 atom stereocenters. The number of hydrogen-bond acceptors (Lipinski definition) is 4. The van der Waals surface area contributed by atoms with E-state index in [9.17, 15) is 14.7 Å². The highest BCUT2D eigenvalue weighted by atomic mass is 16.5. The Hall–Kier alpha value is -5.10. The molecule has 0 spiro atoms. The van der Waals surface area contributed by atoms with Crippen LogP contribution in [0.5, 0.6) is 17.2 Å². The zero-order chi connectivity index (χ0) is 26.5. The summed E-state index contributed by atoms with van der Waals surface area (Å²) in [5.74, 6) is -0.255. The van der Waals surface area contributed by atoms with Crippen molar-refractivity contribution in [3.05, 3.63) is 144 Å². The van der Waals surface area contributed by atoms with E-state index in [1.54, 1.807) is 24.3 Å². The molecule has 38 heavy (non-hydrogen) atoms. The summed E-state index contributed by atoms with van der Waals surface area (Å²) >= 11 is 0. The minimum atomic E-state index is -0.989. The monoisotopic (exact) mass is 504 g/mol. The van der Waals surface area contributed by atoms with E-state index in [0.717, 1.165) is 16.7 Å². The van der Waals surface area contributed by atoms with Gasteiger partial charge in [0.2, 0.25) is 0 Å². The smallest absolute Gasteiger partial charge is 0.335 e. The Bertz CT molecular complexity index is 1520. The van der Waals surface area contributed by atoms with Crippen LogP contribution in [-0.4, -0.2) is 22.2 Å². The number of carbonyl (C=O) groups is 2. The van der Waals surface area contributed by atoms with Gasteiger partial charge < -0.3 is 19.7 Å². The highest BCUT2D eigenvalue weighted by molar-refractivity contribution is 5.88. The van der Waals surface area contributed by atoms with Crippen molar-refractivity contribution in [2.75, 3.05) is 0 Å². The molecule has 5 rings (SSSR count). The molecule has 6 nitrogen and oxygen atoms in total. The van der Waals surface area contributed by atoms with Gasteiger partial charge in [-0.05, 0) is 83.4 Å². The summed E-state index contributed by atoms with van der Waals surface area (Å²) in [6, 6.07) is 30.3. The van der Waals surface area contributed by atoms with Crippen LogP contribution in [0.4, 0.5) is 0 Å². The van der Waals surface area contributed by atoms with Crippen molar-refractivity contribution in [3.63, 3.8) is 0 Å². The van der Waals surface area contributed by atoms with Crippen LogP contribution in [0.2, 0.25) is 0 Å². The molecule has 0 radical (unpaired) electrons. The van der Waals surface area contributed by atoms with Gasteiger partial charge >= 0.3 is 11.9 Å². The largest absolute Gasteiger partial charge is 0.478 e. The molecule has 4 aromatic rings. The van der Waals surface area contributed by atoms with E-state index in [1.165, 1.54) is 24.3 Å². The van der Waals surface area contributed by atoms with E-state index in [1.807, 2.05) is 72.8 Å². The molecular weight excluding hydrogens is 480 g/mol. The Labute approximate surface area is 219 Å². The number of rotatable bonds is 8. The Balaban J connectivity index is 1.42. The molecule has 0 saturated heterocycles. The zero-order valence-electron chi connectivity index (χ0n) is 20.3. The lowest BCUT2D eigenvalue weighted by Gasteiger charge is -2.35. The van der Waals surface area contributed by atoms with E-state index in [-0.39, 0.29) is 11.1 Å². The molecule has 6 heteroatoms. The van der Waals surface area contributed by atoms with Crippen LogP contribution in [-0.2, 0) is 5.60 Å². The number of benzene rings is 4. The molecule has 1 aliphatic carbocycles. The van der Waals surface area contributed by atoms with Crippen LogP contribution < -0.4 is 9.47 Å². The lowest BCUT2D eigenvalue weighted by Crippen LogP contribution is -2.32. The first-order valence-electron chi connectivity index (χ1n) is 12.0. The van der Waals surface area contributed by atoms with Crippen molar-refractivity contribution in [1.82, 2.24) is 0 Å². The van der Waals surface area contributed by atoms with Gasteiger partial charge in [-0.15, -0.1) is 0 Å². The van der Waals surface area contributed by atoms with E-state index >= 15 is 0 Å². The normalized spacial score (nSPS) is 16.4. The molecule has 4 aromatic carbocycles. The average Bonchev–Trinajstić information content (AvgIpc) is 2.94. The quantitative estimate of drug-likeness (QED) is 0.264. The fraction of sp³-hybridized carbons (Fsp3) is 0.0625. The van der Waals surface area contributed by atoms with E-state index < -0.39 is 17.5 Å². The molecule has 0 aliphatic heterocycles. The van der Waals surface area contributed by atoms with Gasteiger partial charge in [-0.3, -0.25) is 0 Å². The van der Waals surface area contributed by atoms with Crippen LogP contribution in [0, 0.1) is 0 Å². The fourth-order valence-electron chi connectivity index (χ4n) is 4.40. The predicted octanol–water partition coefficient (Wildman–Crippen LogP) is 7.19. The van der Waals surface area contributed by atoms with Gasteiger partial charge in [-0.1, -0.05) is 54.6 Å². The predicted molar refractivity (Wildman–Crippen MR) is 144 cm³/mol. The van der Waals surface area contributed by atoms with Crippen LogP contribution in [0.25, 0.3) is 5.57 Å². The van der Waals surface area contributed by atoms with Gasteiger partial charge in [0.05, 0.1) is 11.1 Å². The molecule has 0 aromatic heterocycles. The van der Waals surface area contributed by atoms with Crippen LogP contribution >= 0.6 is 0 Å². The number of allylic oxidation sites excluding steroid dienone is 2. The third-order valence-electron chi connectivity index (χ3n) is 6.32. The van der Waals surface area contributed by atoms with Gasteiger partial charge in [-0.25, -0.2) is 9.59 Å². The van der Waals surface area contributed by atoms with Crippen molar-refractivity contribution in [3.8, 4) is 17.2 Å². The van der Waals surface area contributed by atoms with E-state index in [2.05, 4.69) is 0 Å². The van der Waals surface area contributed by atoms with E-state index in [0.29, 0.717) is 23.7 Å². The summed E-state index contributed by atoms with van der Waals surface area (Å²) < 4.78 is 12.6. The number of carboxylic acid groups (broad SMARTS) is 2. The van der Waals surface area contributed by atoms with Crippen molar-refractivity contribution in [1.29, 1.82) is 0 Å². The van der Waals surface area contributed by atoms with Gasteiger partial charge in [0.15, 0.2) is 5.60 Å². The molecule has 188 valence electrons. The maximum atomic E-state index is 11.3. The average molecular weight is 505 g/mol. The van der Waals surface area contributed by atoms with Gasteiger partial charge in [0.25, 0.3) is 0 Å². The Morgan fingerprint density at radius 1 is 0.684 bits per heavy atom. The number of hydrogen-bond donors (Lipinski definition) is 2. The van der Waals surface area contributed by atoms with Crippen molar-refractivity contribution >= 4 is 17.5 Å². The second-order valence-corrected chi connectivity index (χ2v) is 8.87. The Morgan fingerprint density at radius 3 is 1.95 bits per heavy atom. The molecule has 0 fully saturated rings. The third-order valence-corrected chi connectivity index (χ3v) is 6.32. The number of ether oxygens (including phenoxy) is 2. The highest BCUT2D eigenvalue weighted by Crippen LogP contribution is 2.41. The molecule has 0 saturated carbocycles. The maximum Gasteiger partial charge on any atom is 0.335 e. The summed E-state index contributed by atoms with van der Waals surface area (Å²) in [6.07, 6.45) is 6.56. The lowest BCUT2D eigenvalue weighted by atomic mass is 9.81. The fourth-order valence-corrected chi connectivity index (χ4v) is 4.40. The molecule has 0 bridgehead atoms. The van der Waals surface area contributed by atoms with Crippen molar-refractivity contribution in [2.24, 2.45) is 0 Å². The second-order valence-electron chi connectivity index (χ2n) is 8.87. The molecule has 0 amide bonds. The summed E-state index contributed by atoms with van der Waals surface area (Å²) in [5, 5.41) is 18.4. The van der Waals surface area contributed by atoms with E-state index in [4.69, 9.17) is 14.6 Å². The summed E-state index contributed by atoms with van der Waals surface area (Å²) in [7, 11) is 0. The first-order valence-corrected chi connectivity index (χ1v) is 12.0. The second kappa shape index (κ2) is 10.5. The Morgan fingerprint density at radius 2 is 1.32 bits per heavy atom. The molecule has 1 aliphatic rings. The summed E-state index contributed by atoms with van der Waals surface area (Å²) in [6.45, 7) is 0. The topological polar surface area (TPSA) is 93.1 Å². The number of aromatic carboxylic acids is 2. The molecule has 2 N–H and O–H groups in total. The van der Waals surface area contributed by atoms with Crippen LogP contribution in [0.15, 0.2) is 121 Å². The summed E-state index contributed by atoms with van der Waals surface area (Å²) in [4.78, 5) is 22.4. The highest BCUT2D eigenvalue weighted by Gasteiger charge is 2.35. The zero-order valence-corrected chi connectivity index (χ0v) is 20.3.